The molecular formula is C16H16N2O. The average molecular weight is 252 g/mol. The molecule has 0 bridgehead atoms. The maximum Gasteiger partial charge on any atom is 0.137 e. The molecule has 0 spiro atoms. The summed E-state index contributed by atoms with van der Waals surface area (Å²) in [5.41, 5.74) is 5.16. The van der Waals surface area contributed by atoms with Gasteiger partial charge in [-0.05, 0) is 24.6 Å². The molecular weight excluding hydrogens is 236 g/mol. The molecule has 1 aromatic carbocycles. The van der Waals surface area contributed by atoms with Gasteiger partial charge in [0, 0.05) is 12.6 Å². The summed E-state index contributed by atoms with van der Waals surface area (Å²) in [6.07, 6.45) is 2.68. The van der Waals surface area contributed by atoms with E-state index in [0.29, 0.717) is 0 Å². The van der Waals surface area contributed by atoms with Crippen LogP contribution in [0, 0.1) is 6.92 Å². The van der Waals surface area contributed by atoms with Crippen molar-refractivity contribution in [1.29, 1.82) is 0 Å². The van der Waals surface area contributed by atoms with Gasteiger partial charge < -0.3 is 9.51 Å². The van der Waals surface area contributed by atoms with Gasteiger partial charge in [0.25, 0.3) is 0 Å². The van der Waals surface area contributed by atoms with E-state index in [4.69, 9.17) is 0 Å². The zero-order valence-corrected chi connectivity index (χ0v) is 10.9. The average Bonchev–Trinajstić information content (AvgIpc) is 2.78. The van der Waals surface area contributed by atoms with E-state index in [1.165, 1.54) is 11.1 Å². The Labute approximate surface area is 112 Å². The van der Waals surface area contributed by atoms with Crippen molar-refractivity contribution >= 4 is 5.65 Å². The molecule has 0 aliphatic carbocycles. The fraction of sp³-hybridized carbons (Fsp3) is 0.188. The number of aromatic nitrogens is 2. The number of hydrogen-bond acceptors (Lipinski definition) is 2. The van der Waals surface area contributed by atoms with Gasteiger partial charge in [-0.2, -0.15) is 0 Å². The van der Waals surface area contributed by atoms with Gasteiger partial charge in [-0.1, -0.05) is 35.9 Å². The normalized spacial score (nSPS) is 11.1. The maximum atomic E-state index is 9.57. The molecule has 19 heavy (non-hydrogen) atoms. The second kappa shape index (κ2) is 4.86. The van der Waals surface area contributed by atoms with Crippen molar-refractivity contribution in [3.05, 3.63) is 71.2 Å². The number of pyridine rings is 1. The molecule has 0 unspecified atom stereocenters. The predicted molar refractivity (Wildman–Crippen MR) is 75.1 cm³/mol. The first kappa shape index (κ1) is 11.9. The summed E-state index contributed by atoms with van der Waals surface area (Å²) in [6, 6.07) is 14.3. The highest BCUT2D eigenvalue weighted by Gasteiger charge is 2.11. The lowest BCUT2D eigenvalue weighted by molar-refractivity contribution is 0.274. The summed E-state index contributed by atoms with van der Waals surface area (Å²) in [4.78, 5) is 4.60. The molecule has 2 heterocycles. The molecule has 0 radical (unpaired) electrons. The van der Waals surface area contributed by atoms with Gasteiger partial charge in [-0.15, -0.1) is 0 Å². The minimum absolute atomic E-state index is 0.00632. The van der Waals surface area contributed by atoms with Crippen molar-refractivity contribution < 1.29 is 5.11 Å². The van der Waals surface area contributed by atoms with Crippen molar-refractivity contribution in [3.8, 4) is 0 Å². The van der Waals surface area contributed by atoms with Gasteiger partial charge in [-0.25, -0.2) is 4.98 Å². The summed E-state index contributed by atoms with van der Waals surface area (Å²) < 4.78 is 1.95. The van der Waals surface area contributed by atoms with Gasteiger partial charge in [0.15, 0.2) is 0 Å². The van der Waals surface area contributed by atoms with Crippen molar-refractivity contribution in [1.82, 2.24) is 9.38 Å². The van der Waals surface area contributed by atoms with Crippen LogP contribution in [0.25, 0.3) is 5.65 Å². The van der Waals surface area contributed by atoms with Gasteiger partial charge in [0.2, 0.25) is 0 Å². The Kier molecular flexibility index (Phi) is 3.05. The number of hydrogen-bond donors (Lipinski definition) is 1. The van der Waals surface area contributed by atoms with E-state index in [-0.39, 0.29) is 6.61 Å². The van der Waals surface area contributed by atoms with E-state index >= 15 is 0 Å². The monoisotopic (exact) mass is 252 g/mol. The molecule has 0 saturated heterocycles. The van der Waals surface area contributed by atoms with Crippen LogP contribution in [0.3, 0.4) is 0 Å². The Hall–Kier alpha value is -2.13. The molecule has 1 N–H and O–H groups in total. The molecule has 96 valence electrons. The van der Waals surface area contributed by atoms with Crippen LogP contribution in [0.15, 0.2) is 48.7 Å². The highest BCUT2D eigenvalue weighted by atomic mass is 16.3. The van der Waals surface area contributed by atoms with Crippen LogP contribution in [0.1, 0.15) is 22.5 Å². The molecule has 0 fully saturated rings. The smallest absolute Gasteiger partial charge is 0.137 e. The van der Waals surface area contributed by atoms with Gasteiger partial charge in [-0.3, -0.25) is 0 Å². The lowest BCUT2D eigenvalue weighted by Crippen LogP contribution is -1.97. The van der Waals surface area contributed by atoms with Crippen molar-refractivity contribution in [3.63, 3.8) is 0 Å². The summed E-state index contributed by atoms with van der Waals surface area (Å²) in [7, 11) is 0. The van der Waals surface area contributed by atoms with Crippen molar-refractivity contribution in [2.24, 2.45) is 0 Å². The third-order valence-corrected chi connectivity index (χ3v) is 3.35. The van der Waals surface area contributed by atoms with Crippen LogP contribution in [0.5, 0.6) is 0 Å². The quantitative estimate of drug-likeness (QED) is 0.778. The van der Waals surface area contributed by atoms with Crippen LogP contribution in [0.4, 0.5) is 0 Å². The van der Waals surface area contributed by atoms with Crippen LogP contribution in [-0.2, 0) is 13.0 Å². The van der Waals surface area contributed by atoms with Crippen LogP contribution < -0.4 is 0 Å². The third-order valence-electron chi connectivity index (χ3n) is 3.35. The number of aryl methyl sites for hydroxylation is 1. The Bertz CT molecular complexity index is 698. The first-order valence-corrected chi connectivity index (χ1v) is 6.39. The number of fused-ring (bicyclic) bond motifs is 1. The van der Waals surface area contributed by atoms with Gasteiger partial charge >= 0.3 is 0 Å². The predicted octanol–water partition coefficient (Wildman–Crippen LogP) is 2.73. The molecule has 0 aliphatic heterocycles. The largest absolute Gasteiger partial charge is 0.390 e. The van der Waals surface area contributed by atoms with E-state index < -0.39 is 0 Å². The second-order valence-electron chi connectivity index (χ2n) is 4.75. The van der Waals surface area contributed by atoms with E-state index in [9.17, 15) is 5.11 Å². The Balaban J connectivity index is 2.02. The first-order chi connectivity index (χ1) is 9.28. The maximum absolute atomic E-state index is 9.57. The molecule has 0 atom stereocenters. The summed E-state index contributed by atoms with van der Waals surface area (Å²) in [5.74, 6) is 0. The highest BCUT2D eigenvalue weighted by Crippen LogP contribution is 2.17. The Morgan fingerprint density at radius 3 is 2.63 bits per heavy atom. The first-order valence-electron chi connectivity index (χ1n) is 6.39. The molecule has 3 aromatic rings. The number of benzene rings is 1. The highest BCUT2D eigenvalue weighted by molar-refractivity contribution is 5.44. The van der Waals surface area contributed by atoms with Crippen LogP contribution in [0.2, 0.25) is 0 Å². The molecule has 3 heteroatoms. The minimum atomic E-state index is 0.00632. The van der Waals surface area contributed by atoms with Crippen molar-refractivity contribution in [2.45, 2.75) is 20.0 Å². The topological polar surface area (TPSA) is 37.5 Å². The van der Waals surface area contributed by atoms with E-state index in [0.717, 1.165) is 23.5 Å². The molecule has 0 saturated carbocycles. The molecule has 0 aliphatic rings. The SMILES string of the molecule is Cc1ccc(Cc2nc3ccccn3c2CO)cc1. The van der Waals surface area contributed by atoms with E-state index in [2.05, 4.69) is 36.2 Å². The van der Waals surface area contributed by atoms with E-state index in [1.807, 2.05) is 28.8 Å². The number of nitrogens with zero attached hydrogens (tertiary/aromatic N) is 2. The fourth-order valence-corrected chi connectivity index (χ4v) is 2.30. The third kappa shape index (κ3) is 2.25. The zero-order valence-electron chi connectivity index (χ0n) is 10.9. The zero-order chi connectivity index (χ0) is 13.2. The summed E-state index contributed by atoms with van der Waals surface area (Å²) in [6.45, 7) is 2.08. The Morgan fingerprint density at radius 1 is 1.11 bits per heavy atom. The Morgan fingerprint density at radius 2 is 1.89 bits per heavy atom. The standard InChI is InChI=1S/C16H16N2O/c1-12-5-7-13(8-6-12)10-14-15(11-19)18-9-3-2-4-16(18)17-14/h2-9,19H,10-11H2,1H3. The molecule has 3 nitrogen and oxygen atoms in total. The number of imidazole rings is 1. The van der Waals surface area contributed by atoms with Crippen LogP contribution >= 0.6 is 0 Å². The summed E-state index contributed by atoms with van der Waals surface area (Å²) in [5, 5.41) is 9.57. The summed E-state index contributed by atoms with van der Waals surface area (Å²) >= 11 is 0. The van der Waals surface area contributed by atoms with Crippen LogP contribution in [-0.4, -0.2) is 14.5 Å². The number of rotatable bonds is 3. The molecule has 0 amide bonds. The van der Waals surface area contributed by atoms with Crippen molar-refractivity contribution in [2.75, 3.05) is 0 Å². The minimum Gasteiger partial charge on any atom is -0.390 e. The van der Waals surface area contributed by atoms with E-state index in [1.54, 1.807) is 0 Å². The number of aliphatic hydroxyl groups is 1. The van der Waals surface area contributed by atoms with Gasteiger partial charge in [0.05, 0.1) is 18.0 Å². The fourth-order valence-electron chi connectivity index (χ4n) is 2.30. The lowest BCUT2D eigenvalue weighted by atomic mass is 10.1. The molecule has 2 aromatic heterocycles. The molecule has 3 rings (SSSR count). The van der Waals surface area contributed by atoms with Gasteiger partial charge in [0.1, 0.15) is 5.65 Å². The lowest BCUT2D eigenvalue weighted by Gasteiger charge is -2.02. The second-order valence-corrected chi connectivity index (χ2v) is 4.75. The number of aliphatic hydroxyl groups excluding tert-OH is 1.